The fraction of sp³-hybridized carbons (Fsp3) is 0.312. The molecule has 6 nitrogen and oxygen atoms in total. The first kappa shape index (κ1) is 14.3. The van der Waals surface area contributed by atoms with E-state index in [0.717, 1.165) is 11.3 Å². The van der Waals surface area contributed by atoms with Crippen molar-refractivity contribution in [2.45, 2.75) is 19.9 Å². The molecule has 6 heteroatoms. The van der Waals surface area contributed by atoms with E-state index in [4.69, 9.17) is 0 Å². The predicted molar refractivity (Wildman–Crippen MR) is 81.9 cm³/mol. The summed E-state index contributed by atoms with van der Waals surface area (Å²) in [4.78, 5) is 26.0. The second-order valence-corrected chi connectivity index (χ2v) is 5.59. The van der Waals surface area contributed by atoms with Crippen molar-refractivity contribution < 1.29 is 9.59 Å². The molecule has 1 atom stereocenters. The van der Waals surface area contributed by atoms with Gasteiger partial charge in [-0.15, -0.1) is 0 Å². The SMILES string of the molecule is Cc1cc(NC(=O)C2CC(=O)N(Cc3ccccc3)C2)n[nH]1. The molecule has 2 N–H and O–H groups in total. The van der Waals surface area contributed by atoms with E-state index in [0.29, 0.717) is 18.9 Å². The molecule has 2 heterocycles. The average molecular weight is 298 g/mol. The van der Waals surface area contributed by atoms with E-state index in [9.17, 15) is 9.59 Å². The lowest BCUT2D eigenvalue weighted by Gasteiger charge is -2.16. The van der Waals surface area contributed by atoms with Crippen molar-refractivity contribution in [1.82, 2.24) is 15.1 Å². The molecule has 22 heavy (non-hydrogen) atoms. The fourth-order valence-electron chi connectivity index (χ4n) is 2.61. The first-order valence-corrected chi connectivity index (χ1v) is 7.26. The molecule has 1 aromatic heterocycles. The number of likely N-dealkylation sites (tertiary alicyclic amines) is 1. The molecular formula is C16H18N4O2. The number of nitrogens with zero attached hydrogens (tertiary/aromatic N) is 2. The Morgan fingerprint density at radius 3 is 2.86 bits per heavy atom. The number of carbonyl (C=O) groups is 2. The minimum absolute atomic E-state index is 0.0159. The highest BCUT2D eigenvalue weighted by Crippen LogP contribution is 2.21. The molecule has 0 bridgehead atoms. The Kier molecular flexibility index (Phi) is 3.91. The number of hydrogen-bond donors (Lipinski definition) is 2. The molecule has 1 saturated heterocycles. The molecule has 1 aliphatic heterocycles. The highest BCUT2D eigenvalue weighted by atomic mass is 16.2. The molecule has 1 unspecified atom stereocenters. The number of aromatic amines is 1. The van der Waals surface area contributed by atoms with Crippen molar-refractivity contribution in [2.24, 2.45) is 5.92 Å². The third-order valence-corrected chi connectivity index (χ3v) is 3.76. The maximum absolute atomic E-state index is 12.2. The van der Waals surface area contributed by atoms with Gasteiger partial charge in [0.05, 0.1) is 5.92 Å². The van der Waals surface area contributed by atoms with Crippen LogP contribution in [0.1, 0.15) is 17.7 Å². The number of amides is 2. The molecular weight excluding hydrogens is 280 g/mol. The zero-order valence-electron chi connectivity index (χ0n) is 12.4. The fourth-order valence-corrected chi connectivity index (χ4v) is 2.61. The molecule has 1 aromatic carbocycles. The lowest BCUT2D eigenvalue weighted by atomic mass is 10.1. The van der Waals surface area contributed by atoms with Gasteiger partial charge in [-0.1, -0.05) is 30.3 Å². The molecule has 0 radical (unpaired) electrons. The van der Waals surface area contributed by atoms with Gasteiger partial charge in [0, 0.05) is 31.3 Å². The third kappa shape index (κ3) is 3.16. The van der Waals surface area contributed by atoms with E-state index in [2.05, 4.69) is 15.5 Å². The van der Waals surface area contributed by atoms with Gasteiger partial charge in [0.25, 0.3) is 0 Å². The smallest absolute Gasteiger partial charge is 0.230 e. The minimum Gasteiger partial charge on any atom is -0.338 e. The summed E-state index contributed by atoms with van der Waals surface area (Å²) in [6.07, 6.45) is 0.252. The van der Waals surface area contributed by atoms with Gasteiger partial charge in [0.15, 0.2) is 5.82 Å². The second kappa shape index (κ2) is 6.01. The Hall–Kier alpha value is -2.63. The van der Waals surface area contributed by atoms with E-state index >= 15 is 0 Å². The number of hydrogen-bond acceptors (Lipinski definition) is 3. The quantitative estimate of drug-likeness (QED) is 0.902. The van der Waals surface area contributed by atoms with Crippen LogP contribution in [0.5, 0.6) is 0 Å². The van der Waals surface area contributed by atoms with Gasteiger partial charge < -0.3 is 10.2 Å². The van der Waals surface area contributed by atoms with Crippen LogP contribution in [0.25, 0.3) is 0 Å². The topological polar surface area (TPSA) is 78.1 Å². The Labute approximate surface area is 128 Å². The Balaban J connectivity index is 1.60. The zero-order valence-corrected chi connectivity index (χ0v) is 12.4. The van der Waals surface area contributed by atoms with Gasteiger partial charge in [-0.3, -0.25) is 14.7 Å². The largest absolute Gasteiger partial charge is 0.338 e. The first-order valence-electron chi connectivity index (χ1n) is 7.26. The summed E-state index contributed by atoms with van der Waals surface area (Å²) < 4.78 is 0. The van der Waals surface area contributed by atoms with Crippen LogP contribution in [0.2, 0.25) is 0 Å². The summed E-state index contributed by atoms with van der Waals surface area (Å²) in [5, 5.41) is 9.50. The molecule has 3 rings (SSSR count). The number of rotatable bonds is 4. The van der Waals surface area contributed by atoms with Crippen LogP contribution in [-0.4, -0.2) is 33.5 Å². The van der Waals surface area contributed by atoms with Crippen LogP contribution in [0.4, 0.5) is 5.82 Å². The number of carbonyl (C=O) groups excluding carboxylic acids is 2. The van der Waals surface area contributed by atoms with E-state index in [-0.39, 0.29) is 24.2 Å². The number of aryl methyl sites for hydroxylation is 1. The number of benzene rings is 1. The van der Waals surface area contributed by atoms with Crippen LogP contribution in [0.3, 0.4) is 0 Å². The lowest BCUT2D eigenvalue weighted by molar-refractivity contribution is -0.128. The van der Waals surface area contributed by atoms with Gasteiger partial charge in [0.1, 0.15) is 0 Å². The molecule has 0 aliphatic carbocycles. The molecule has 2 aromatic rings. The molecule has 0 spiro atoms. The average Bonchev–Trinajstić information content (AvgIpc) is 3.07. The standard InChI is InChI=1S/C16H18N4O2/c1-11-7-14(19-18-11)17-16(22)13-8-15(21)20(10-13)9-12-5-3-2-4-6-12/h2-7,13H,8-10H2,1H3,(H2,17,18,19,22). The molecule has 114 valence electrons. The number of H-pyrrole nitrogens is 1. The van der Waals surface area contributed by atoms with Crippen LogP contribution in [0, 0.1) is 12.8 Å². The van der Waals surface area contributed by atoms with Crippen molar-refractivity contribution >= 4 is 17.6 Å². The summed E-state index contributed by atoms with van der Waals surface area (Å²) >= 11 is 0. The maximum Gasteiger partial charge on any atom is 0.230 e. The highest BCUT2D eigenvalue weighted by molar-refractivity contribution is 5.96. The normalized spacial score (nSPS) is 17.8. The third-order valence-electron chi connectivity index (χ3n) is 3.76. The summed E-state index contributed by atoms with van der Waals surface area (Å²) in [6.45, 7) is 2.86. The summed E-state index contributed by atoms with van der Waals surface area (Å²) in [5.74, 6) is 0.0299. The van der Waals surface area contributed by atoms with Gasteiger partial charge in [-0.2, -0.15) is 5.10 Å². The Bertz CT molecular complexity index is 680. The molecule has 0 saturated carbocycles. The highest BCUT2D eigenvalue weighted by Gasteiger charge is 2.34. The van der Waals surface area contributed by atoms with E-state index in [1.54, 1.807) is 11.0 Å². The number of anilines is 1. The predicted octanol–water partition coefficient (Wildman–Crippen LogP) is 1.71. The first-order chi connectivity index (χ1) is 10.6. The van der Waals surface area contributed by atoms with Crippen molar-refractivity contribution in [1.29, 1.82) is 0 Å². The number of nitrogens with one attached hydrogen (secondary N) is 2. The summed E-state index contributed by atoms with van der Waals surface area (Å²) in [5.41, 5.74) is 1.95. The molecule has 2 amide bonds. The van der Waals surface area contributed by atoms with Crippen LogP contribution in [-0.2, 0) is 16.1 Å². The van der Waals surface area contributed by atoms with Crippen LogP contribution < -0.4 is 5.32 Å². The van der Waals surface area contributed by atoms with Gasteiger partial charge >= 0.3 is 0 Å². The molecule has 1 fully saturated rings. The minimum atomic E-state index is -0.326. The van der Waals surface area contributed by atoms with E-state index in [1.165, 1.54) is 0 Å². The second-order valence-electron chi connectivity index (χ2n) is 5.59. The summed E-state index contributed by atoms with van der Waals surface area (Å²) in [7, 11) is 0. The van der Waals surface area contributed by atoms with Crippen molar-refractivity contribution in [3.05, 3.63) is 47.7 Å². The Morgan fingerprint density at radius 2 is 2.18 bits per heavy atom. The monoisotopic (exact) mass is 298 g/mol. The van der Waals surface area contributed by atoms with Crippen molar-refractivity contribution in [2.75, 3.05) is 11.9 Å². The maximum atomic E-state index is 12.2. The van der Waals surface area contributed by atoms with Crippen LogP contribution >= 0.6 is 0 Å². The van der Waals surface area contributed by atoms with Gasteiger partial charge in [-0.05, 0) is 12.5 Å². The van der Waals surface area contributed by atoms with Crippen molar-refractivity contribution in [3.63, 3.8) is 0 Å². The Morgan fingerprint density at radius 1 is 1.41 bits per heavy atom. The molecule has 1 aliphatic rings. The van der Waals surface area contributed by atoms with Crippen LogP contribution in [0.15, 0.2) is 36.4 Å². The zero-order chi connectivity index (χ0) is 15.5. The lowest BCUT2D eigenvalue weighted by Crippen LogP contribution is -2.28. The van der Waals surface area contributed by atoms with Crippen molar-refractivity contribution in [3.8, 4) is 0 Å². The van der Waals surface area contributed by atoms with E-state index in [1.807, 2.05) is 37.3 Å². The number of aromatic nitrogens is 2. The van der Waals surface area contributed by atoms with Gasteiger partial charge in [-0.25, -0.2) is 0 Å². The van der Waals surface area contributed by atoms with E-state index < -0.39 is 0 Å². The summed E-state index contributed by atoms with van der Waals surface area (Å²) in [6, 6.07) is 11.5. The van der Waals surface area contributed by atoms with Gasteiger partial charge in [0.2, 0.25) is 11.8 Å².